The number of carboxylic acids is 1. The average molecular weight is 494 g/mol. The molecule has 1 aromatic heterocycles. The van der Waals surface area contributed by atoms with Crippen LogP contribution in [0.1, 0.15) is 70.3 Å². The Balaban J connectivity index is 1.32. The number of aliphatic carboxylic acids is 1. The van der Waals surface area contributed by atoms with Crippen LogP contribution in [0.3, 0.4) is 0 Å². The van der Waals surface area contributed by atoms with Gasteiger partial charge in [-0.2, -0.15) is 0 Å². The standard InChI is InChI=1S/C28H39N5O3/c34-26(35)19-30-14-16-31(17-15-30)27-28(36)33(23-11-7-6-10-22(23)29-27)25-18-21-12-13-24(25)32(21)20-8-4-2-1-3-5-9-20/h6-7,10-11,20-21,24-25H,1-5,8-9,12-19H2,(H,34,35)/t21-,24?,25+/m0/s1. The van der Waals surface area contributed by atoms with Crippen LogP contribution in [0.15, 0.2) is 29.1 Å². The lowest BCUT2D eigenvalue weighted by atomic mass is 9.94. The smallest absolute Gasteiger partial charge is 0.317 e. The number of hydrogen-bond donors (Lipinski definition) is 1. The minimum atomic E-state index is -0.806. The number of nitrogens with zero attached hydrogens (tertiary/aromatic N) is 5. The second-order valence-electron chi connectivity index (χ2n) is 11.3. The molecule has 1 N–H and O–H groups in total. The van der Waals surface area contributed by atoms with E-state index in [0.29, 0.717) is 50.1 Å². The van der Waals surface area contributed by atoms with E-state index in [-0.39, 0.29) is 18.1 Å². The third-order valence-electron chi connectivity index (χ3n) is 9.19. The highest BCUT2D eigenvalue weighted by Crippen LogP contribution is 2.47. The van der Waals surface area contributed by atoms with Gasteiger partial charge in [0.2, 0.25) is 0 Å². The first-order valence-electron chi connectivity index (χ1n) is 14.1. The minimum absolute atomic E-state index is 0.0237. The summed E-state index contributed by atoms with van der Waals surface area (Å²) in [6.45, 7) is 2.55. The zero-order valence-electron chi connectivity index (χ0n) is 21.2. The van der Waals surface area contributed by atoms with Crippen molar-refractivity contribution in [1.29, 1.82) is 0 Å². The fourth-order valence-electron chi connectivity index (χ4n) is 7.56. The van der Waals surface area contributed by atoms with E-state index in [1.54, 1.807) is 0 Å². The predicted octanol–water partition coefficient (Wildman–Crippen LogP) is 3.49. The number of carbonyl (C=O) groups is 1. The number of rotatable bonds is 5. The van der Waals surface area contributed by atoms with Gasteiger partial charge < -0.3 is 10.0 Å². The molecule has 0 radical (unpaired) electrons. The van der Waals surface area contributed by atoms with E-state index in [4.69, 9.17) is 10.1 Å². The molecule has 1 unspecified atom stereocenters. The highest BCUT2D eigenvalue weighted by atomic mass is 16.4. The minimum Gasteiger partial charge on any atom is -0.480 e. The third kappa shape index (κ3) is 4.43. The summed E-state index contributed by atoms with van der Waals surface area (Å²) < 4.78 is 2.10. The summed E-state index contributed by atoms with van der Waals surface area (Å²) in [7, 11) is 0. The van der Waals surface area contributed by atoms with E-state index >= 15 is 0 Å². The van der Waals surface area contributed by atoms with Crippen molar-refractivity contribution in [1.82, 2.24) is 19.4 Å². The van der Waals surface area contributed by atoms with Crippen LogP contribution in [-0.2, 0) is 4.79 Å². The molecule has 3 saturated heterocycles. The van der Waals surface area contributed by atoms with Crippen molar-refractivity contribution in [2.45, 2.75) is 88.4 Å². The van der Waals surface area contributed by atoms with Gasteiger partial charge in [0.15, 0.2) is 5.82 Å². The quantitative estimate of drug-likeness (QED) is 0.683. The second-order valence-corrected chi connectivity index (χ2v) is 11.3. The zero-order valence-corrected chi connectivity index (χ0v) is 21.2. The fourth-order valence-corrected chi connectivity index (χ4v) is 7.56. The van der Waals surface area contributed by atoms with Crippen molar-refractivity contribution in [3.63, 3.8) is 0 Å². The summed E-state index contributed by atoms with van der Waals surface area (Å²) in [5, 5.41) is 9.14. The van der Waals surface area contributed by atoms with Crippen LogP contribution in [0.2, 0.25) is 0 Å². The Hall–Kier alpha value is -2.45. The molecule has 4 heterocycles. The van der Waals surface area contributed by atoms with Crippen LogP contribution in [0.4, 0.5) is 5.82 Å². The summed E-state index contributed by atoms with van der Waals surface area (Å²) in [5.41, 5.74) is 1.85. The first-order valence-corrected chi connectivity index (χ1v) is 14.1. The molecule has 0 amide bonds. The molecule has 1 aromatic carbocycles. The van der Waals surface area contributed by atoms with Gasteiger partial charge in [-0.15, -0.1) is 0 Å². The van der Waals surface area contributed by atoms with Crippen molar-refractivity contribution in [3.05, 3.63) is 34.6 Å². The predicted molar refractivity (Wildman–Crippen MR) is 141 cm³/mol. The van der Waals surface area contributed by atoms with Gasteiger partial charge in [-0.05, 0) is 44.2 Å². The van der Waals surface area contributed by atoms with Crippen LogP contribution < -0.4 is 10.5 Å². The molecule has 6 rings (SSSR count). The number of carboxylic acid groups (broad SMARTS) is 1. The molecule has 2 aromatic rings. The molecule has 8 heteroatoms. The number of para-hydroxylation sites is 2. The Morgan fingerprint density at radius 3 is 2.36 bits per heavy atom. The largest absolute Gasteiger partial charge is 0.480 e. The molecule has 8 nitrogen and oxygen atoms in total. The van der Waals surface area contributed by atoms with Crippen LogP contribution in [0.25, 0.3) is 11.0 Å². The van der Waals surface area contributed by atoms with Gasteiger partial charge in [-0.1, -0.05) is 44.2 Å². The Labute approximate surface area is 212 Å². The van der Waals surface area contributed by atoms with Crippen molar-refractivity contribution in [2.24, 2.45) is 0 Å². The average Bonchev–Trinajstić information content (AvgIpc) is 3.42. The van der Waals surface area contributed by atoms with E-state index < -0.39 is 5.97 Å². The van der Waals surface area contributed by atoms with Gasteiger partial charge in [-0.25, -0.2) is 4.98 Å². The summed E-state index contributed by atoms with van der Waals surface area (Å²) >= 11 is 0. The molecule has 1 saturated carbocycles. The topological polar surface area (TPSA) is 81.9 Å². The third-order valence-corrected chi connectivity index (χ3v) is 9.19. The molecule has 1 aliphatic carbocycles. The van der Waals surface area contributed by atoms with Gasteiger partial charge in [0.05, 0.1) is 23.6 Å². The molecule has 2 bridgehead atoms. The molecule has 3 atom stereocenters. The van der Waals surface area contributed by atoms with Gasteiger partial charge in [-0.3, -0.25) is 24.0 Å². The highest BCUT2D eigenvalue weighted by molar-refractivity contribution is 5.76. The number of fused-ring (bicyclic) bond motifs is 3. The van der Waals surface area contributed by atoms with Crippen LogP contribution in [-0.4, -0.2) is 81.3 Å². The lowest BCUT2D eigenvalue weighted by molar-refractivity contribution is -0.138. The molecule has 194 valence electrons. The molecule has 4 aliphatic rings. The maximum Gasteiger partial charge on any atom is 0.317 e. The SMILES string of the molecule is O=C(O)CN1CCN(c2nc3ccccc3n([C@@H]3C[C@@H]4CCC3N4C3CCCCCCC3)c2=O)CC1. The monoisotopic (exact) mass is 493 g/mol. The number of benzene rings is 1. The van der Waals surface area contributed by atoms with Gasteiger partial charge in [0.25, 0.3) is 5.56 Å². The van der Waals surface area contributed by atoms with Crippen LogP contribution in [0.5, 0.6) is 0 Å². The molecular formula is C28H39N5O3. The van der Waals surface area contributed by atoms with E-state index in [1.807, 2.05) is 23.1 Å². The van der Waals surface area contributed by atoms with Crippen molar-refractivity contribution < 1.29 is 9.90 Å². The summed E-state index contributed by atoms with van der Waals surface area (Å²) in [4.78, 5) is 36.9. The van der Waals surface area contributed by atoms with Crippen molar-refractivity contribution >= 4 is 22.8 Å². The zero-order chi connectivity index (χ0) is 24.6. The summed E-state index contributed by atoms with van der Waals surface area (Å²) in [6, 6.07) is 9.99. The van der Waals surface area contributed by atoms with Gasteiger partial charge >= 0.3 is 5.97 Å². The number of anilines is 1. The van der Waals surface area contributed by atoms with Gasteiger partial charge in [0, 0.05) is 44.3 Å². The molecule has 36 heavy (non-hydrogen) atoms. The Morgan fingerprint density at radius 2 is 1.61 bits per heavy atom. The number of hydrogen-bond acceptors (Lipinski definition) is 6. The summed E-state index contributed by atoms with van der Waals surface area (Å²) in [6.07, 6.45) is 12.9. The van der Waals surface area contributed by atoms with E-state index in [1.165, 1.54) is 57.8 Å². The summed E-state index contributed by atoms with van der Waals surface area (Å²) in [5.74, 6) is -0.274. The Morgan fingerprint density at radius 1 is 0.889 bits per heavy atom. The normalized spacial score (nSPS) is 28.4. The van der Waals surface area contributed by atoms with E-state index in [0.717, 1.165) is 17.5 Å². The molecule has 4 fully saturated rings. The number of piperazine rings is 1. The maximum absolute atomic E-state index is 14.1. The van der Waals surface area contributed by atoms with E-state index in [9.17, 15) is 9.59 Å². The first kappa shape index (κ1) is 23.9. The fraction of sp³-hybridized carbons (Fsp3) is 0.679. The molecular weight excluding hydrogens is 454 g/mol. The Bertz CT molecular complexity index is 1150. The number of aromatic nitrogens is 2. The second kappa shape index (κ2) is 10.1. The molecule has 0 spiro atoms. The lowest BCUT2D eigenvalue weighted by Gasteiger charge is -2.36. The van der Waals surface area contributed by atoms with Crippen LogP contribution >= 0.6 is 0 Å². The Kier molecular flexibility index (Phi) is 6.73. The van der Waals surface area contributed by atoms with Gasteiger partial charge in [0.1, 0.15) is 0 Å². The van der Waals surface area contributed by atoms with Crippen molar-refractivity contribution in [3.8, 4) is 0 Å². The maximum atomic E-state index is 14.1. The lowest BCUT2D eigenvalue weighted by Crippen LogP contribution is -2.50. The van der Waals surface area contributed by atoms with Crippen molar-refractivity contribution in [2.75, 3.05) is 37.6 Å². The molecule has 3 aliphatic heterocycles. The van der Waals surface area contributed by atoms with Crippen LogP contribution in [0, 0.1) is 0 Å². The van der Waals surface area contributed by atoms with E-state index in [2.05, 4.69) is 20.4 Å². The first-order chi connectivity index (χ1) is 17.6. The highest BCUT2D eigenvalue weighted by Gasteiger charge is 2.50.